The van der Waals surface area contributed by atoms with Crippen molar-refractivity contribution in [2.45, 2.75) is 133 Å². The topological polar surface area (TPSA) is 205 Å². The van der Waals surface area contributed by atoms with Crippen LogP contribution in [0.3, 0.4) is 0 Å². The molecule has 0 aliphatic heterocycles. The summed E-state index contributed by atoms with van der Waals surface area (Å²) in [7, 11) is 0. The minimum Gasteiger partial charge on any atom is -1.00 e. The van der Waals surface area contributed by atoms with E-state index >= 15 is 0 Å². The molecule has 1 fully saturated rings. The number of ketones is 1. The average molecular weight is 1100 g/mol. The van der Waals surface area contributed by atoms with E-state index in [-0.39, 0.29) is 42.6 Å². The first-order chi connectivity index (χ1) is 37.5. The lowest BCUT2D eigenvalue weighted by Crippen LogP contribution is -3.00. The fourth-order valence-corrected chi connectivity index (χ4v) is 7.79. The third-order valence-corrected chi connectivity index (χ3v) is 12.0. The molecule has 1 saturated carbocycles. The monoisotopic (exact) mass is 1100 g/mol. The first-order valence-corrected chi connectivity index (χ1v) is 25.4. The lowest BCUT2D eigenvalue weighted by molar-refractivity contribution is -0.330. The molecule has 3 heterocycles. The van der Waals surface area contributed by atoms with Crippen molar-refractivity contribution < 1.29 is 65.1 Å². The number of fused-ring (bicyclic) bond motifs is 3. The molecule has 3 aromatic heterocycles. The average Bonchev–Trinajstić information content (AvgIpc) is 4.02. The van der Waals surface area contributed by atoms with E-state index in [9.17, 15) is 42.3 Å². The number of hydrogen-bond donors (Lipinski definition) is 5. The van der Waals surface area contributed by atoms with E-state index in [0.29, 0.717) is 63.4 Å². The van der Waals surface area contributed by atoms with Crippen LogP contribution in [0.5, 0.6) is 0 Å². The number of carboxylic acid groups (broad SMARTS) is 2. The number of rotatable bonds is 24. The van der Waals surface area contributed by atoms with Gasteiger partial charge in [0.1, 0.15) is 18.5 Å². The first kappa shape index (κ1) is 66.7. The summed E-state index contributed by atoms with van der Waals surface area (Å²) >= 11 is 0. The Morgan fingerprint density at radius 1 is 0.734 bits per heavy atom. The summed E-state index contributed by atoms with van der Waals surface area (Å²) in [6, 6.07) is 22.2. The van der Waals surface area contributed by atoms with E-state index in [2.05, 4.69) is 74.5 Å². The number of aliphatic hydroxyl groups excluding tert-OH is 1. The highest BCUT2D eigenvalue weighted by Crippen LogP contribution is 2.42. The van der Waals surface area contributed by atoms with E-state index in [1.165, 1.54) is 35.6 Å². The quantitative estimate of drug-likeness (QED) is 0.0238. The van der Waals surface area contributed by atoms with Crippen LogP contribution in [0.15, 0.2) is 126 Å². The number of pyridine rings is 2. The van der Waals surface area contributed by atoms with Gasteiger partial charge in [-0.3, -0.25) is 9.59 Å². The number of carbonyl (C=O) groups is 4. The molecule has 79 heavy (non-hydrogen) atoms. The standard InChI is InChI=1S/C34H30FN5O2.C10H14O2.2C9H11FO2.ClH/c1-2-3-5-11-26(35)16-17-30(41)37-34(19-8-20-34)25-14-12-24(13-15-25)31-27(23-9-6-4-7-10-23)22-28-29(36-31)18-21-40-32(28)38-39-33(40)42;1-3-4-5-6-10(12)8-7-9(2)11;2*1-2-3-4-5-8(10)6-7-9(11)12;/h1,4,6-7,9-10,12-18,21-22,26H,3,5,8,11,19-20H2,(H,37,41)(H,39,42);1,7-8,10,12H,4-6H2,2H3;2*1,6-8H,3-5H2,(H,11,12);1H/b17-16+;8-7+;2*7-6+;. The van der Waals surface area contributed by atoms with Gasteiger partial charge in [0.05, 0.1) is 22.6 Å². The minimum atomic E-state index is -1.20. The van der Waals surface area contributed by atoms with Crippen molar-refractivity contribution in [3.8, 4) is 71.8 Å². The van der Waals surface area contributed by atoms with Crippen LogP contribution in [-0.2, 0) is 24.7 Å². The Morgan fingerprint density at radius 2 is 1.24 bits per heavy atom. The van der Waals surface area contributed by atoms with Gasteiger partial charge >= 0.3 is 17.6 Å². The maximum atomic E-state index is 14.1. The Hall–Kier alpha value is -8.41. The molecule has 0 bridgehead atoms. The molecule has 416 valence electrons. The van der Waals surface area contributed by atoms with E-state index in [4.69, 9.17) is 35.9 Å². The minimum absolute atomic E-state index is 0. The van der Waals surface area contributed by atoms with Gasteiger partial charge in [-0.15, -0.1) is 49.4 Å². The summed E-state index contributed by atoms with van der Waals surface area (Å²) in [5, 5.41) is 36.2. The van der Waals surface area contributed by atoms with Crippen molar-refractivity contribution in [3.05, 3.63) is 138 Å². The lowest BCUT2D eigenvalue weighted by Gasteiger charge is -2.43. The number of hydrogen-bond acceptors (Lipinski definition) is 7. The Bertz CT molecular complexity index is 2990. The normalized spacial score (nSPS) is 13.7. The van der Waals surface area contributed by atoms with Crippen LogP contribution in [0.2, 0.25) is 0 Å². The molecule has 17 heteroatoms. The number of aliphatic carboxylic acids is 2. The number of H-pyrrole nitrogens is 2. The smallest absolute Gasteiger partial charge is 0.347 e. The maximum Gasteiger partial charge on any atom is 0.347 e. The number of benzene rings is 2. The summed E-state index contributed by atoms with van der Waals surface area (Å²) in [6.07, 6.45) is 35.9. The van der Waals surface area contributed by atoms with E-state index in [1.54, 1.807) is 6.20 Å². The molecular formula is C62H67ClF3N5O8. The summed E-state index contributed by atoms with van der Waals surface area (Å²) < 4.78 is 40.9. The number of aliphatic hydroxyl groups is 1. The Kier molecular flexibility index (Phi) is 30.9. The fourth-order valence-electron chi connectivity index (χ4n) is 7.79. The van der Waals surface area contributed by atoms with Gasteiger partial charge in [-0.1, -0.05) is 48.5 Å². The summed E-state index contributed by atoms with van der Waals surface area (Å²) in [5.74, 6) is 7.15. The van der Waals surface area contributed by atoms with Gasteiger partial charge in [-0.25, -0.2) is 42.0 Å². The van der Waals surface area contributed by atoms with Gasteiger partial charge in [0.15, 0.2) is 11.4 Å². The molecule has 4 atom stereocenters. The molecule has 1 aliphatic rings. The molecule has 6 rings (SSSR count). The molecule has 0 spiro atoms. The number of terminal acetylenes is 4. The van der Waals surface area contributed by atoms with E-state index in [0.717, 1.165) is 88.8 Å². The van der Waals surface area contributed by atoms with Crippen LogP contribution < -0.4 is 28.4 Å². The second-order valence-corrected chi connectivity index (χ2v) is 18.0. The van der Waals surface area contributed by atoms with Crippen LogP contribution in [0.25, 0.3) is 38.9 Å². The number of halogens is 4. The molecule has 1 amide bonds. The van der Waals surface area contributed by atoms with Gasteiger partial charge in [-0.05, 0) is 131 Å². The number of carbonyl (C=O) groups excluding carboxylic acids is 2. The van der Waals surface area contributed by atoms with Crippen LogP contribution >= 0.6 is 0 Å². The highest BCUT2D eigenvalue weighted by molar-refractivity contribution is 5.95. The summed E-state index contributed by atoms with van der Waals surface area (Å²) in [5.41, 5.74) is 5.56. The number of nitrogens with zero attached hydrogens (tertiary/aromatic N) is 2. The number of carboxylic acids is 2. The van der Waals surface area contributed by atoms with Gasteiger partial charge in [0, 0.05) is 61.7 Å². The number of allylic oxidation sites excluding steroid dienone is 4. The summed E-state index contributed by atoms with van der Waals surface area (Å²) in [4.78, 5) is 58.8. The zero-order valence-electron chi connectivity index (χ0n) is 44.1. The Labute approximate surface area is 466 Å². The third-order valence-electron chi connectivity index (χ3n) is 12.0. The van der Waals surface area contributed by atoms with Crippen molar-refractivity contribution in [1.82, 2.24) is 19.9 Å². The fraction of sp³-hybridized carbons (Fsp3) is 0.339. The van der Waals surface area contributed by atoms with Crippen molar-refractivity contribution >= 4 is 40.2 Å². The second-order valence-electron chi connectivity index (χ2n) is 18.0. The van der Waals surface area contributed by atoms with Crippen molar-refractivity contribution in [3.63, 3.8) is 0 Å². The second kappa shape index (κ2) is 36.6. The number of aromatic amines is 2. The molecule has 4 unspecified atom stereocenters. The first-order valence-electron chi connectivity index (χ1n) is 25.4. The predicted molar refractivity (Wildman–Crippen MR) is 298 cm³/mol. The highest BCUT2D eigenvalue weighted by Gasteiger charge is 2.39. The van der Waals surface area contributed by atoms with Crippen LogP contribution in [0.4, 0.5) is 13.2 Å². The van der Waals surface area contributed by atoms with Crippen LogP contribution in [0, 0.1) is 49.4 Å². The number of amides is 1. The Balaban J connectivity index is 0.000000470. The number of nitrogens with one attached hydrogen (secondary N) is 3. The van der Waals surface area contributed by atoms with Crippen molar-refractivity contribution in [2.24, 2.45) is 0 Å². The SMILES string of the molecule is C#CCCCC(F)/C=C/C(=O)NC1(c2ccc(-c3[nH+]c4ccn5c(=O)[nH]nc5c4cc3-c3ccccc3)cc2)CCC1.C#CCCCC(F)/C=C/C(=O)O.C#CCCCC(F)/C=C/C(=O)O.C#CCCCC(O)/C=C/C(C)=O.[Cl-]. The van der Waals surface area contributed by atoms with E-state index in [1.807, 2.05) is 36.4 Å². The predicted octanol–water partition coefficient (Wildman–Crippen LogP) is 7.35. The Morgan fingerprint density at radius 3 is 1.71 bits per heavy atom. The third kappa shape index (κ3) is 24.2. The highest BCUT2D eigenvalue weighted by atomic mass is 35.5. The molecule has 0 saturated heterocycles. The molecule has 2 aromatic carbocycles. The van der Waals surface area contributed by atoms with Gasteiger partial charge in [0.2, 0.25) is 17.1 Å². The van der Waals surface area contributed by atoms with Gasteiger partial charge in [0.25, 0.3) is 0 Å². The molecule has 13 nitrogen and oxygen atoms in total. The number of unbranched alkanes of at least 4 members (excludes halogenated alkanes) is 4. The zero-order chi connectivity index (χ0) is 57.3. The zero-order valence-corrected chi connectivity index (χ0v) is 44.8. The summed E-state index contributed by atoms with van der Waals surface area (Å²) in [6.45, 7) is 1.45. The molecule has 0 radical (unpaired) electrons. The van der Waals surface area contributed by atoms with Gasteiger partial charge < -0.3 is 33.0 Å². The van der Waals surface area contributed by atoms with Crippen molar-refractivity contribution in [2.75, 3.05) is 0 Å². The molecular weight excluding hydrogens is 1040 g/mol. The van der Waals surface area contributed by atoms with Crippen molar-refractivity contribution in [1.29, 1.82) is 0 Å². The van der Waals surface area contributed by atoms with Gasteiger partial charge in [-0.2, -0.15) is 5.10 Å². The number of alkyl halides is 3. The molecule has 6 N–H and O–H groups in total. The lowest BCUT2D eigenvalue weighted by atomic mass is 9.71. The van der Waals surface area contributed by atoms with E-state index < -0.39 is 42.1 Å². The molecule has 1 aliphatic carbocycles. The number of aromatic nitrogens is 4. The van der Waals surface area contributed by atoms with Crippen LogP contribution in [-0.4, -0.2) is 78.2 Å². The maximum absolute atomic E-state index is 14.1. The van der Waals surface area contributed by atoms with Crippen LogP contribution in [0.1, 0.15) is 109 Å². The largest absolute Gasteiger partial charge is 1.00 e. The molecule has 5 aromatic rings.